The largest absolute Gasteiger partial charge is 0.311 e. The number of nitrogens with one attached hydrogen (secondary N) is 1. The van der Waals surface area contributed by atoms with Gasteiger partial charge in [-0.3, -0.25) is 0 Å². The van der Waals surface area contributed by atoms with Crippen molar-refractivity contribution in [3.63, 3.8) is 0 Å². The molecule has 0 radical (unpaired) electrons. The molecule has 4 nitrogen and oxygen atoms in total. The van der Waals surface area contributed by atoms with Crippen LogP contribution in [0.1, 0.15) is 59.3 Å². The summed E-state index contributed by atoms with van der Waals surface area (Å²) in [7, 11) is -3.09. The van der Waals surface area contributed by atoms with Gasteiger partial charge in [-0.05, 0) is 44.4 Å². The maximum atomic E-state index is 12.7. The van der Waals surface area contributed by atoms with E-state index >= 15 is 0 Å². The SMILES string of the molecule is CCCN(C1CC2CCC(C1)N2)S(=O)(=O)CCC(C)C. The lowest BCUT2D eigenvalue weighted by molar-refractivity contribution is 0.225. The first-order chi connectivity index (χ1) is 9.42. The number of nitrogens with zero attached hydrogens (tertiary/aromatic N) is 1. The average molecular weight is 302 g/mol. The molecule has 2 heterocycles. The fraction of sp³-hybridized carbons (Fsp3) is 1.00. The summed E-state index contributed by atoms with van der Waals surface area (Å²) in [5.74, 6) is 0.752. The highest BCUT2D eigenvalue weighted by molar-refractivity contribution is 7.89. The molecule has 2 rings (SSSR count). The van der Waals surface area contributed by atoms with Gasteiger partial charge in [-0.1, -0.05) is 20.8 Å². The molecule has 0 aromatic carbocycles. The highest BCUT2D eigenvalue weighted by Crippen LogP contribution is 2.31. The zero-order valence-electron chi connectivity index (χ0n) is 13.1. The molecule has 0 aromatic heterocycles. The second kappa shape index (κ2) is 6.75. The minimum atomic E-state index is -3.09. The molecular formula is C15H30N2O2S. The highest BCUT2D eigenvalue weighted by Gasteiger charge is 2.39. The van der Waals surface area contributed by atoms with Crippen LogP contribution in [0.15, 0.2) is 0 Å². The van der Waals surface area contributed by atoms with Gasteiger partial charge in [0.25, 0.3) is 0 Å². The maximum absolute atomic E-state index is 12.7. The van der Waals surface area contributed by atoms with Crippen molar-refractivity contribution < 1.29 is 8.42 Å². The van der Waals surface area contributed by atoms with E-state index in [0.717, 1.165) is 25.7 Å². The summed E-state index contributed by atoms with van der Waals surface area (Å²) in [5.41, 5.74) is 0. The fourth-order valence-corrected chi connectivity index (χ4v) is 5.62. The zero-order chi connectivity index (χ0) is 14.8. The lowest BCUT2D eigenvalue weighted by atomic mass is 10.00. The van der Waals surface area contributed by atoms with Crippen molar-refractivity contribution in [3.8, 4) is 0 Å². The lowest BCUT2D eigenvalue weighted by Crippen LogP contribution is -2.51. The van der Waals surface area contributed by atoms with Crippen LogP contribution in [0.3, 0.4) is 0 Å². The fourth-order valence-electron chi connectivity index (χ4n) is 3.53. The Balaban J connectivity index is 2.05. The van der Waals surface area contributed by atoms with Crippen molar-refractivity contribution in [1.29, 1.82) is 0 Å². The van der Waals surface area contributed by atoms with Gasteiger partial charge in [0.15, 0.2) is 0 Å². The van der Waals surface area contributed by atoms with Gasteiger partial charge in [0, 0.05) is 24.7 Å². The summed E-state index contributed by atoms with van der Waals surface area (Å²) in [6, 6.07) is 1.31. The first kappa shape index (κ1) is 16.2. The summed E-state index contributed by atoms with van der Waals surface area (Å²) in [4.78, 5) is 0. The zero-order valence-corrected chi connectivity index (χ0v) is 14.0. The van der Waals surface area contributed by atoms with Crippen molar-refractivity contribution in [3.05, 3.63) is 0 Å². The van der Waals surface area contributed by atoms with E-state index in [0.29, 0.717) is 30.3 Å². The van der Waals surface area contributed by atoms with Crippen molar-refractivity contribution in [2.45, 2.75) is 77.4 Å². The number of sulfonamides is 1. The second-order valence-corrected chi connectivity index (χ2v) is 8.91. The van der Waals surface area contributed by atoms with Gasteiger partial charge in [-0.25, -0.2) is 8.42 Å². The van der Waals surface area contributed by atoms with Crippen molar-refractivity contribution in [2.24, 2.45) is 5.92 Å². The number of hydrogen-bond acceptors (Lipinski definition) is 3. The quantitative estimate of drug-likeness (QED) is 0.785. The molecule has 2 fully saturated rings. The molecule has 0 spiro atoms. The third-order valence-electron chi connectivity index (χ3n) is 4.61. The maximum Gasteiger partial charge on any atom is 0.214 e. The van der Waals surface area contributed by atoms with E-state index in [9.17, 15) is 8.42 Å². The van der Waals surface area contributed by atoms with Crippen LogP contribution in [-0.2, 0) is 10.0 Å². The van der Waals surface area contributed by atoms with Crippen LogP contribution in [0, 0.1) is 5.92 Å². The Kier molecular flexibility index (Phi) is 5.49. The van der Waals surface area contributed by atoms with Gasteiger partial charge >= 0.3 is 0 Å². The summed E-state index contributed by atoms with van der Waals surface area (Å²) in [6.07, 6.45) is 6.09. The molecule has 118 valence electrons. The van der Waals surface area contributed by atoms with Crippen molar-refractivity contribution in [1.82, 2.24) is 9.62 Å². The molecule has 0 saturated carbocycles. The van der Waals surface area contributed by atoms with E-state index in [1.807, 2.05) is 4.31 Å². The molecule has 2 atom stereocenters. The van der Waals surface area contributed by atoms with Crippen LogP contribution in [0.2, 0.25) is 0 Å². The number of piperidine rings is 1. The van der Waals surface area contributed by atoms with Gasteiger partial charge in [0.1, 0.15) is 0 Å². The van der Waals surface area contributed by atoms with Crippen LogP contribution in [0.25, 0.3) is 0 Å². The molecule has 2 bridgehead atoms. The normalized spacial score (nSPS) is 30.4. The Bertz CT molecular complexity index is 396. The van der Waals surface area contributed by atoms with E-state index in [1.165, 1.54) is 12.8 Å². The summed E-state index contributed by atoms with van der Waals surface area (Å²) < 4.78 is 27.2. The molecule has 2 unspecified atom stereocenters. The molecule has 1 N–H and O–H groups in total. The minimum Gasteiger partial charge on any atom is -0.311 e. The third kappa shape index (κ3) is 3.95. The topological polar surface area (TPSA) is 49.4 Å². The average Bonchev–Trinajstić information content (AvgIpc) is 2.72. The van der Waals surface area contributed by atoms with Crippen LogP contribution in [0.5, 0.6) is 0 Å². The molecule has 0 amide bonds. The molecule has 5 heteroatoms. The molecule has 0 aliphatic carbocycles. The lowest BCUT2D eigenvalue weighted by Gasteiger charge is -2.37. The van der Waals surface area contributed by atoms with Crippen LogP contribution in [0.4, 0.5) is 0 Å². The number of hydrogen-bond donors (Lipinski definition) is 1. The highest BCUT2D eigenvalue weighted by atomic mass is 32.2. The van der Waals surface area contributed by atoms with Gasteiger partial charge < -0.3 is 5.32 Å². The van der Waals surface area contributed by atoms with Crippen molar-refractivity contribution in [2.75, 3.05) is 12.3 Å². The second-order valence-electron chi connectivity index (χ2n) is 6.87. The van der Waals surface area contributed by atoms with Gasteiger partial charge in [0.2, 0.25) is 10.0 Å². The van der Waals surface area contributed by atoms with E-state index in [1.54, 1.807) is 0 Å². The first-order valence-corrected chi connectivity index (χ1v) is 9.79. The predicted octanol–water partition coefficient (Wildman–Crippen LogP) is 2.36. The summed E-state index contributed by atoms with van der Waals surface area (Å²) in [5, 5.41) is 3.60. The Hall–Kier alpha value is -0.130. The molecule has 0 aromatic rings. The molecular weight excluding hydrogens is 272 g/mol. The number of rotatable bonds is 7. The monoisotopic (exact) mass is 302 g/mol. The Morgan fingerprint density at radius 1 is 1.20 bits per heavy atom. The Labute approximate surface area is 124 Å². The Morgan fingerprint density at radius 3 is 2.30 bits per heavy atom. The predicted molar refractivity (Wildman–Crippen MR) is 83.2 cm³/mol. The van der Waals surface area contributed by atoms with Gasteiger partial charge in [0.05, 0.1) is 5.75 Å². The molecule has 2 aliphatic heterocycles. The van der Waals surface area contributed by atoms with Crippen LogP contribution in [-0.4, -0.2) is 43.1 Å². The van der Waals surface area contributed by atoms with E-state index in [4.69, 9.17) is 0 Å². The minimum absolute atomic E-state index is 0.228. The molecule has 20 heavy (non-hydrogen) atoms. The standard InChI is InChI=1S/C15H30N2O2S/c1-4-8-17(20(18,19)9-7-12(2)3)15-10-13-5-6-14(11-15)16-13/h12-16H,4-11H2,1-3H3. The van der Waals surface area contributed by atoms with E-state index in [2.05, 4.69) is 26.1 Å². The number of fused-ring (bicyclic) bond motifs is 2. The van der Waals surface area contributed by atoms with Gasteiger partial charge in [-0.15, -0.1) is 0 Å². The first-order valence-electron chi connectivity index (χ1n) is 8.18. The summed E-state index contributed by atoms with van der Waals surface area (Å²) >= 11 is 0. The van der Waals surface area contributed by atoms with Crippen LogP contribution >= 0.6 is 0 Å². The van der Waals surface area contributed by atoms with Crippen LogP contribution < -0.4 is 5.32 Å². The van der Waals surface area contributed by atoms with Gasteiger partial charge in [-0.2, -0.15) is 4.31 Å². The Morgan fingerprint density at radius 2 is 1.80 bits per heavy atom. The molecule has 2 saturated heterocycles. The molecule has 2 aliphatic rings. The smallest absolute Gasteiger partial charge is 0.214 e. The van der Waals surface area contributed by atoms with Crippen molar-refractivity contribution >= 4 is 10.0 Å². The summed E-state index contributed by atoms with van der Waals surface area (Å²) in [6.45, 7) is 6.93. The van der Waals surface area contributed by atoms with E-state index in [-0.39, 0.29) is 6.04 Å². The van der Waals surface area contributed by atoms with E-state index < -0.39 is 10.0 Å². The third-order valence-corrected chi connectivity index (χ3v) is 6.56.